The highest BCUT2D eigenvalue weighted by Crippen LogP contribution is 2.23. The van der Waals surface area contributed by atoms with E-state index >= 15 is 0 Å². The zero-order valence-electron chi connectivity index (χ0n) is 14.8. The molecule has 0 unspecified atom stereocenters. The molecular formula is C16H23N3O5S. The summed E-state index contributed by atoms with van der Waals surface area (Å²) >= 11 is 1.13. The van der Waals surface area contributed by atoms with Gasteiger partial charge in [0.15, 0.2) is 10.8 Å². The maximum atomic E-state index is 12.5. The van der Waals surface area contributed by atoms with Crippen molar-refractivity contribution < 1.29 is 23.9 Å². The Kier molecular flexibility index (Phi) is 5.99. The molecule has 1 N–H and O–H groups in total. The van der Waals surface area contributed by atoms with Crippen molar-refractivity contribution in [1.82, 2.24) is 9.88 Å². The lowest BCUT2D eigenvalue weighted by Crippen LogP contribution is -2.45. The fourth-order valence-electron chi connectivity index (χ4n) is 2.40. The molecule has 1 atom stereocenters. The van der Waals surface area contributed by atoms with E-state index < -0.39 is 23.7 Å². The van der Waals surface area contributed by atoms with Crippen LogP contribution in [-0.2, 0) is 14.3 Å². The quantitative estimate of drug-likeness (QED) is 0.820. The molecule has 0 aliphatic carbocycles. The first-order chi connectivity index (χ1) is 11.7. The first kappa shape index (κ1) is 19.2. The van der Waals surface area contributed by atoms with Crippen LogP contribution < -0.4 is 5.32 Å². The largest absolute Gasteiger partial charge is 0.461 e. The number of esters is 1. The molecular weight excluding hydrogens is 346 g/mol. The van der Waals surface area contributed by atoms with E-state index in [9.17, 15) is 14.4 Å². The van der Waals surface area contributed by atoms with Crippen molar-refractivity contribution in [2.75, 3.05) is 18.5 Å². The van der Waals surface area contributed by atoms with E-state index in [1.807, 2.05) is 0 Å². The van der Waals surface area contributed by atoms with Crippen LogP contribution in [0.15, 0.2) is 5.38 Å². The number of aromatic nitrogens is 1. The van der Waals surface area contributed by atoms with Gasteiger partial charge in [-0.2, -0.15) is 0 Å². The summed E-state index contributed by atoms with van der Waals surface area (Å²) < 4.78 is 10.2. The van der Waals surface area contributed by atoms with Gasteiger partial charge in [0.2, 0.25) is 5.91 Å². The summed E-state index contributed by atoms with van der Waals surface area (Å²) in [6.07, 6.45) is 0.779. The molecule has 0 aromatic carbocycles. The minimum atomic E-state index is -0.620. The molecule has 1 saturated heterocycles. The smallest absolute Gasteiger partial charge is 0.410 e. The topological polar surface area (TPSA) is 97.8 Å². The number of amides is 2. The fourth-order valence-corrected chi connectivity index (χ4v) is 3.08. The van der Waals surface area contributed by atoms with Gasteiger partial charge in [-0.25, -0.2) is 14.6 Å². The molecule has 2 rings (SSSR count). The molecule has 1 aromatic heterocycles. The van der Waals surface area contributed by atoms with Crippen molar-refractivity contribution >= 4 is 34.4 Å². The molecule has 0 bridgehead atoms. The zero-order chi connectivity index (χ0) is 18.6. The van der Waals surface area contributed by atoms with Crippen molar-refractivity contribution in [3.63, 3.8) is 0 Å². The summed E-state index contributed by atoms with van der Waals surface area (Å²) in [5.74, 6) is -0.872. The Morgan fingerprint density at radius 1 is 1.40 bits per heavy atom. The number of hydrogen-bond donors (Lipinski definition) is 1. The average molecular weight is 369 g/mol. The minimum Gasteiger partial charge on any atom is -0.461 e. The summed E-state index contributed by atoms with van der Waals surface area (Å²) in [5.41, 5.74) is -0.470. The van der Waals surface area contributed by atoms with Gasteiger partial charge in [0.05, 0.1) is 6.61 Å². The number of nitrogens with zero attached hydrogens (tertiary/aromatic N) is 2. The second-order valence-electron chi connectivity index (χ2n) is 6.58. The summed E-state index contributed by atoms with van der Waals surface area (Å²) in [4.78, 5) is 41.8. The van der Waals surface area contributed by atoms with Crippen molar-refractivity contribution in [2.24, 2.45) is 0 Å². The number of hydrogen-bond acceptors (Lipinski definition) is 7. The lowest BCUT2D eigenvalue weighted by molar-refractivity contribution is -0.120. The molecule has 9 heteroatoms. The number of carbonyl (C=O) groups is 3. The SMILES string of the molecule is CCOC(=O)c1csc(NC(=O)[C@@H]2CCCN2C(=O)OC(C)(C)C)n1. The standard InChI is InChI=1S/C16H23N3O5S/c1-5-23-13(21)10-9-25-14(17-10)18-12(20)11-7-6-8-19(11)15(22)24-16(2,3)4/h9,11H,5-8H2,1-4H3,(H,17,18,20)/t11-/m0/s1. The predicted octanol–water partition coefficient (Wildman–Crippen LogP) is 2.66. The molecule has 1 aromatic rings. The Morgan fingerprint density at radius 3 is 2.76 bits per heavy atom. The highest BCUT2D eigenvalue weighted by Gasteiger charge is 2.36. The number of likely N-dealkylation sites (tertiary alicyclic amines) is 1. The molecule has 0 saturated carbocycles. The van der Waals surface area contributed by atoms with E-state index in [0.29, 0.717) is 18.1 Å². The van der Waals surface area contributed by atoms with E-state index in [1.54, 1.807) is 27.7 Å². The molecule has 1 aliphatic rings. The third kappa shape index (κ3) is 5.15. The van der Waals surface area contributed by atoms with Crippen LogP contribution in [0.25, 0.3) is 0 Å². The van der Waals surface area contributed by atoms with Gasteiger partial charge in [-0.3, -0.25) is 9.69 Å². The van der Waals surface area contributed by atoms with E-state index in [2.05, 4.69) is 10.3 Å². The number of ether oxygens (including phenoxy) is 2. The fraction of sp³-hybridized carbons (Fsp3) is 0.625. The summed E-state index contributed by atoms with van der Waals surface area (Å²) in [5, 5.41) is 4.48. The van der Waals surface area contributed by atoms with Crippen LogP contribution in [0, 0.1) is 0 Å². The molecule has 0 radical (unpaired) electrons. The molecule has 1 fully saturated rings. The Hall–Kier alpha value is -2.16. The number of nitrogens with one attached hydrogen (secondary N) is 1. The minimum absolute atomic E-state index is 0.151. The number of carbonyl (C=O) groups excluding carboxylic acids is 3. The Morgan fingerprint density at radius 2 is 2.12 bits per heavy atom. The van der Waals surface area contributed by atoms with Crippen LogP contribution in [0.5, 0.6) is 0 Å². The lowest BCUT2D eigenvalue weighted by Gasteiger charge is -2.27. The monoisotopic (exact) mass is 369 g/mol. The molecule has 8 nitrogen and oxygen atoms in total. The summed E-state index contributed by atoms with van der Waals surface area (Å²) in [7, 11) is 0. The zero-order valence-corrected chi connectivity index (χ0v) is 15.6. The van der Waals surface area contributed by atoms with Gasteiger partial charge in [-0.05, 0) is 40.5 Å². The molecule has 2 heterocycles. The highest BCUT2D eigenvalue weighted by atomic mass is 32.1. The Bertz CT molecular complexity index is 652. The van der Waals surface area contributed by atoms with Crippen molar-refractivity contribution in [3.8, 4) is 0 Å². The number of rotatable bonds is 4. The van der Waals surface area contributed by atoms with Crippen molar-refractivity contribution in [2.45, 2.75) is 52.2 Å². The van der Waals surface area contributed by atoms with Crippen molar-refractivity contribution in [1.29, 1.82) is 0 Å². The molecule has 2 amide bonds. The van der Waals surface area contributed by atoms with E-state index in [-0.39, 0.29) is 18.2 Å². The summed E-state index contributed by atoms with van der Waals surface area (Å²) in [6.45, 7) is 7.77. The number of thiazole rings is 1. The maximum Gasteiger partial charge on any atom is 0.410 e. The van der Waals surface area contributed by atoms with E-state index in [4.69, 9.17) is 9.47 Å². The number of anilines is 1. The van der Waals surface area contributed by atoms with Gasteiger partial charge >= 0.3 is 12.1 Å². The highest BCUT2D eigenvalue weighted by molar-refractivity contribution is 7.14. The molecule has 138 valence electrons. The lowest BCUT2D eigenvalue weighted by atomic mass is 10.2. The molecule has 25 heavy (non-hydrogen) atoms. The van der Waals surface area contributed by atoms with Gasteiger partial charge < -0.3 is 14.8 Å². The third-order valence-electron chi connectivity index (χ3n) is 3.40. The van der Waals surface area contributed by atoms with Crippen LogP contribution in [0.2, 0.25) is 0 Å². The van der Waals surface area contributed by atoms with Crippen LogP contribution in [0.3, 0.4) is 0 Å². The van der Waals surface area contributed by atoms with Gasteiger partial charge in [0.25, 0.3) is 0 Å². The van der Waals surface area contributed by atoms with Gasteiger partial charge in [-0.1, -0.05) is 0 Å². The third-order valence-corrected chi connectivity index (χ3v) is 4.16. The van der Waals surface area contributed by atoms with Crippen LogP contribution >= 0.6 is 11.3 Å². The second-order valence-corrected chi connectivity index (χ2v) is 7.44. The van der Waals surface area contributed by atoms with E-state index in [1.165, 1.54) is 10.3 Å². The second kappa shape index (κ2) is 7.81. The van der Waals surface area contributed by atoms with Gasteiger partial charge in [-0.15, -0.1) is 11.3 Å². The molecule has 0 spiro atoms. The molecule has 1 aliphatic heterocycles. The predicted molar refractivity (Wildman–Crippen MR) is 92.7 cm³/mol. The van der Waals surface area contributed by atoms with Crippen molar-refractivity contribution in [3.05, 3.63) is 11.1 Å². The van der Waals surface area contributed by atoms with Gasteiger partial charge in [0, 0.05) is 11.9 Å². The van der Waals surface area contributed by atoms with E-state index in [0.717, 1.165) is 17.8 Å². The Balaban J connectivity index is 2.00. The van der Waals surface area contributed by atoms with Gasteiger partial charge in [0.1, 0.15) is 11.6 Å². The normalized spacial score (nSPS) is 17.3. The first-order valence-corrected chi connectivity index (χ1v) is 9.02. The Labute approximate surface area is 150 Å². The summed E-state index contributed by atoms with van der Waals surface area (Å²) in [6, 6.07) is -0.607. The van der Waals surface area contributed by atoms with Crippen LogP contribution in [-0.4, -0.2) is 52.6 Å². The average Bonchev–Trinajstić information content (AvgIpc) is 3.14. The maximum absolute atomic E-state index is 12.5. The first-order valence-electron chi connectivity index (χ1n) is 8.14. The van der Waals surface area contributed by atoms with Crippen LogP contribution in [0.1, 0.15) is 51.0 Å². The van der Waals surface area contributed by atoms with Crippen LogP contribution in [0.4, 0.5) is 9.93 Å².